The number of hydrogen-bond donors (Lipinski definition) is 1. The minimum atomic E-state index is -0.0993. The zero-order valence-electron chi connectivity index (χ0n) is 15.0. The van der Waals surface area contributed by atoms with Gasteiger partial charge in [-0.1, -0.05) is 6.92 Å². The molecule has 1 saturated carbocycles. The number of rotatable bonds is 3. The van der Waals surface area contributed by atoms with Crippen molar-refractivity contribution in [3.63, 3.8) is 0 Å². The predicted octanol–water partition coefficient (Wildman–Crippen LogP) is 3.58. The summed E-state index contributed by atoms with van der Waals surface area (Å²) in [6, 6.07) is 5.68. The Hall–Kier alpha value is -2.17. The van der Waals surface area contributed by atoms with Crippen LogP contribution in [0.2, 0.25) is 0 Å². The van der Waals surface area contributed by atoms with Crippen molar-refractivity contribution in [1.82, 2.24) is 20.1 Å². The normalized spacial score (nSPS) is 23.9. The van der Waals surface area contributed by atoms with Crippen LogP contribution in [0.4, 0.5) is 0 Å². The van der Waals surface area contributed by atoms with Crippen LogP contribution in [0.3, 0.4) is 0 Å². The molecule has 0 radical (unpaired) electrons. The lowest BCUT2D eigenvalue weighted by molar-refractivity contribution is 0.0869. The van der Waals surface area contributed by atoms with Crippen molar-refractivity contribution in [2.75, 3.05) is 0 Å². The first kappa shape index (κ1) is 16.7. The van der Waals surface area contributed by atoms with Crippen molar-refractivity contribution in [1.29, 1.82) is 0 Å². The van der Waals surface area contributed by atoms with Gasteiger partial charge in [-0.05, 0) is 70.6 Å². The Balaban J connectivity index is 1.71. The van der Waals surface area contributed by atoms with Gasteiger partial charge in [-0.15, -0.1) is 0 Å². The van der Waals surface area contributed by atoms with Gasteiger partial charge in [0.2, 0.25) is 0 Å². The monoisotopic (exact) mass is 326 g/mol. The Morgan fingerprint density at radius 3 is 2.54 bits per heavy atom. The van der Waals surface area contributed by atoms with Crippen molar-refractivity contribution >= 4 is 5.91 Å². The molecule has 0 bridgehead atoms. The van der Waals surface area contributed by atoms with Gasteiger partial charge in [0.05, 0.1) is 11.3 Å². The fourth-order valence-corrected chi connectivity index (χ4v) is 3.38. The van der Waals surface area contributed by atoms with Crippen LogP contribution in [0.5, 0.6) is 0 Å². The van der Waals surface area contributed by atoms with Crippen molar-refractivity contribution in [3.8, 4) is 5.82 Å². The van der Waals surface area contributed by atoms with E-state index in [1.54, 1.807) is 10.9 Å². The molecule has 3 rings (SSSR count). The average molecular weight is 326 g/mol. The number of aryl methyl sites for hydroxylation is 2. The zero-order valence-corrected chi connectivity index (χ0v) is 15.0. The van der Waals surface area contributed by atoms with Crippen LogP contribution < -0.4 is 5.32 Å². The third kappa shape index (κ3) is 3.50. The van der Waals surface area contributed by atoms with E-state index in [0.717, 1.165) is 36.0 Å². The number of carbonyl (C=O) groups excluding carboxylic acids is 1. The zero-order chi connectivity index (χ0) is 17.3. The molecule has 0 aliphatic heterocycles. The highest BCUT2D eigenvalue weighted by Crippen LogP contribution is 2.31. The van der Waals surface area contributed by atoms with Crippen LogP contribution in [0, 0.1) is 19.8 Å². The molecule has 5 heteroatoms. The minimum Gasteiger partial charge on any atom is -0.347 e. The lowest BCUT2D eigenvalue weighted by Gasteiger charge is -2.37. The molecule has 1 fully saturated rings. The van der Waals surface area contributed by atoms with E-state index in [1.807, 2.05) is 32.0 Å². The molecule has 0 spiro atoms. The van der Waals surface area contributed by atoms with Crippen molar-refractivity contribution < 1.29 is 4.79 Å². The summed E-state index contributed by atoms with van der Waals surface area (Å²) in [5, 5.41) is 7.63. The van der Waals surface area contributed by atoms with Crippen LogP contribution >= 0.6 is 0 Å². The quantitative estimate of drug-likeness (QED) is 0.938. The maximum absolute atomic E-state index is 12.5. The third-order valence-electron chi connectivity index (χ3n) is 5.03. The fourth-order valence-electron chi connectivity index (χ4n) is 3.38. The molecule has 24 heavy (non-hydrogen) atoms. The van der Waals surface area contributed by atoms with E-state index in [4.69, 9.17) is 0 Å². The van der Waals surface area contributed by atoms with Gasteiger partial charge in [0.1, 0.15) is 0 Å². The van der Waals surface area contributed by atoms with E-state index in [9.17, 15) is 4.79 Å². The number of pyridine rings is 1. The highest BCUT2D eigenvalue weighted by molar-refractivity contribution is 5.94. The molecule has 1 amide bonds. The SMILES string of the molecule is Cc1cc(C)n(-c2ccc(C(=O)NC3(C)CCC(C)CC3)cn2)n1. The van der Waals surface area contributed by atoms with Gasteiger partial charge in [0.25, 0.3) is 5.91 Å². The number of carbonyl (C=O) groups is 1. The highest BCUT2D eigenvalue weighted by Gasteiger charge is 2.31. The summed E-state index contributed by atoms with van der Waals surface area (Å²) in [7, 11) is 0. The van der Waals surface area contributed by atoms with E-state index in [1.165, 1.54) is 12.8 Å². The summed E-state index contributed by atoms with van der Waals surface area (Å²) in [6.07, 6.45) is 6.06. The summed E-state index contributed by atoms with van der Waals surface area (Å²) in [5.74, 6) is 1.45. The van der Waals surface area contributed by atoms with Crippen molar-refractivity contribution in [2.24, 2.45) is 5.92 Å². The predicted molar refractivity (Wildman–Crippen MR) is 94.3 cm³/mol. The van der Waals surface area contributed by atoms with E-state index >= 15 is 0 Å². The Morgan fingerprint density at radius 1 is 1.29 bits per heavy atom. The number of hydrogen-bond acceptors (Lipinski definition) is 3. The van der Waals surface area contributed by atoms with Crippen LogP contribution in [0.1, 0.15) is 61.3 Å². The van der Waals surface area contributed by atoms with Gasteiger partial charge in [-0.25, -0.2) is 9.67 Å². The van der Waals surface area contributed by atoms with E-state index < -0.39 is 0 Å². The van der Waals surface area contributed by atoms with Gasteiger partial charge in [-0.3, -0.25) is 4.79 Å². The third-order valence-corrected chi connectivity index (χ3v) is 5.03. The van der Waals surface area contributed by atoms with E-state index in [2.05, 4.69) is 29.2 Å². The Labute approximate surface area is 143 Å². The number of amides is 1. The molecular formula is C19H26N4O. The smallest absolute Gasteiger partial charge is 0.253 e. The second-order valence-corrected chi connectivity index (χ2v) is 7.44. The molecule has 0 saturated heterocycles. The summed E-state index contributed by atoms with van der Waals surface area (Å²) in [4.78, 5) is 17.0. The highest BCUT2D eigenvalue weighted by atomic mass is 16.1. The molecule has 1 aliphatic carbocycles. The standard InChI is InChI=1S/C19H26N4O/c1-13-7-9-19(4,10-8-13)21-18(24)16-5-6-17(20-12-16)23-15(3)11-14(2)22-23/h5-6,11-13H,7-10H2,1-4H3,(H,21,24). The molecule has 2 heterocycles. The van der Waals surface area contributed by atoms with Gasteiger partial charge in [-0.2, -0.15) is 5.10 Å². The lowest BCUT2D eigenvalue weighted by atomic mass is 9.78. The molecule has 1 aliphatic rings. The van der Waals surface area contributed by atoms with E-state index in [0.29, 0.717) is 5.56 Å². The van der Waals surface area contributed by atoms with Crippen molar-refractivity contribution in [2.45, 2.75) is 58.9 Å². The molecular weight excluding hydrogens is 300 g/mol. The maximum Gasteiger partial charge on any atom is 0.253 e. The van der Waals surface area contributed by atoms with Crippen LogP contribution in [0.15, 0.2) is 24.4 Å². The fraction of sp³-hybridized carbons (Fsp3) is 0.526. The summed E-state index contributed by atoms with van der Waals surface area (Å²) in [6.45, 7) is 8.38. The number of nitrogens with one attached hydrogen (secondary N) is 1. The van der Waals surface area contributed by atoms with Gasteiger partial charge in [0.15, 0.2) is 5.82 Å². The molecule has 0 aromatic carbocycles. The summed E-state index contributed by atoms with van der Waals surface area (Å²) < 4.78 is 1.79. The summed E-state index contributed by atoms with van der Waals surface area (Å²) in [5.41, 5.74) is 2.48. The average Bonchev–Trinajstić information content (AvgIpc) is 2.89. The molecule has 0 unspecified atom stereocenters. The maximum atomic E-state index is 12.5. The molecule has 0 atom stereocenters. The Kier molecular flexibility index (Phi) is 4.43. The first-order valence-corrected chi connectivity index (χ1v) is 8.68. The van der Waals surface area contributed by atoms with Crippen LogP contribution in [-0.2, 0) is 0 Å². The molecule has 1 N–H and O–H groups in total. The number of nitrogens with zero attached hydrogens (tertiary/aromatic N) is 3. The van der Waals surface area contributed by atoms with Gasteiger partial charge >= 0.3 is 0 Å². The Morgan fingerprint density at radius 2 is 2.00 bits per heavy atom. The van der Waals surface area contributed by atoms with E-state index in [-0.39, 0.29) is 11.4 Å². The molecule has 2 aromatic heterocycles. The lowest BCUT2D eigenvalue weighted by Crippen LogP contribution is -2.48. The molecule has 128 valence electrons. The topological polar surface area (TPSA) is 59.8 Å². The first-order chi connectivity index (χ1) is 11.4. The molecule has 2 aromatic rings. The van der Waals surface area contributed by atoms with Crippen LogP contribution in [-0.4, -0.2) is 26.2 Å². The van der Waals surface area contributed by atoms with Crippen molar-refractivity contribution in [3.05, 3.63) is 41.3 Å². The first-order valence-electron chi connectivity index (χ1n) is 8.68. The second-order valence-electron chi connectivity index (χ2n) is 7.44. The minimum absolute atomic E-state index is 0.0422. The molecule has 5 nitrogen and oxygen atoms in total. The summed E-state index contributed by atoms with van der Waals surface area (Å²) >= 11 is 0. The number of aromatic nitrogens is 3. The van der Waals surface area contributed by atoms with Gasteiger partial charge in [0, 0.05) is 17.4 Å². The van der Waals surface area contributed by atoms with Crippen LogP contribution in [0.25, 0.3) is 5.82 Å². The Bertz CT molecular complexity index is 724. The second kappa shape index (κ2) is 6.38. The largest absolute Gasteiger partial charge is 0.347 e. The van der Waals surface area contributed by atoms with Gasteiger partial charge < -0.3 is 5.32 Å².